The van der Waals surface area contributed by atoms with Gasteiger partial charge in [-0.3, -0.25) is 0 Å². The van der Waals surface area contributed by atoms with Gasteiger partial charge in [0.05, 0.1) is 5.75 Å². The molecule has 0 aliphatic heterocycles. The highest BCUT2D eigenvalue weighted by Gasteiger charge is 2.14. The maximum atomic E-state index is 11.7. The highest BCUT2D eigenvalue weighted by atomic mass is 32.2. The van der Waals surface area contributed by atoms with Gasteiger partial charge in [0.15, 0.2) is 9.84 Å². The van der Waals surface area contributed by atoms with Crippen LogP contribution < -0.4 is 5.32 Å². The van der Waals surface area contributed by atoms with E-state index >= 15 is 0 Å². The smallest absolute Gasteiger partial charge is 0.187 e. The van der Waals surface area contributed by atoms with Gasteiger partial charge in [0, 0.05) is 0 Å². The quantitative estimate of drug-likeness (QED) is 0.749. The van der Waals surface area contributed by atoms with E-state index in [1.54, 1.807) is 17.5 Å². The van der Waals surface area contributed by atoms with Gasteiger partial charge in [0.2, 0.25) is 0 Å². The van der Waals surface area contributed by atoms with Crippen molar-refractivity contribution < 1.29 is 8.42 Å². The van der Waals surface area contributed by atoms with Crippen LogP contribution in [0.3, 0.4) is 0 Å². The molecule has 0 unspecified atom stereocenters. The molecule has 0 fully saturated rings. The van der Waals surface area contributed by atoms with Crippen LogP contribution >= 0.6 is 11.3 Å². The molecule has 0 bridgehead atoms. The van der Waals surface area contributed by atoms with Crippen LogP contribution in [-0.4, -0.2) is 27.3 Å². The van der Waals surface area contributed by atoms with Gasteiger partial charge in [0.1, 0.15) is 4.21 Å². The van der Waals surface area contributed by atoms with E-state index in [9.17, 15) is 8.42 Å². The lowest BCUT2D eigenvalue weighted by atomic mass is 10.4. The van der Waals surface area contributed by atoms with Gasteiger partial charge >= 0.3 is 0 Å². The van der Waals surface area contributed by atoms with Gasteiger partial charge in [-0.05, 0) is 37.4 Å². The maximum Gasteiger partial charge on any atom is 0.187 e. The summed E-state index contributed by atoms with van der Waals surface area (Å²) in [5.74, 6) is 0.240. The predicted molar refractivity (Wildman–Crippen MR) is 64.1 cm³/mol. The normalized spacial score (nSPS) is 11.8. The lowest BCUT2D eigenvalue weighted by molar-refractivity contribution is 0.590. The minimum Gasteiger partial charge on any atom is -0.317 e. The van der Waals surface area contributed by atoms with Gasteiger partial charge in [-0.15, -0.1) is 11.3 Å². The van der Waals surface area contributed by atoms with Crippen LogP contribution in [0.1, 0.15) is 19.8 Å². The second-order valence-electron chi connectivity index (χ2n) is 3.35. The second-order valence-corrected chi connectivity index (χ2v) is 6.64. The summed E-state index contributed by atoms with van der Waals surface area (Å²) in [6.45, 7) is 3.83. The van der Waals surface area contributed by atoms with Gasteiger partial charge in [-0.25, -0.2) is 8.42 Å². The highest BCUT2D eigenvalue weighted by molar-refractivity contribution is 7.93. The van der Waals surface area contributed by atoms with Crippen LogP contribution in [0.25, 0.3) is 0 Å². The molecule has 0 aliphatic carbocycles. The first kappa shape index (κ1) is 12.7. The summed E-state index contributed by atoms with van der Waals surface area (Å²) in [6, 6.07) is 3.44. The molecule has 0 amide bonds. The van der Waals surface area contributed by atoms with E-state index in [2.05, 4.69) is 12.2 Å². The molecule has 1 rings (SSSR count). The Morgan fingerprint density at radius 3 is 2.80 bits per heavy atom. The molecule has 0 atom stereocenters. The Morgan fingerprint density at radius 1 is 1.40 bits per heavy atom. The summed E-state index contributed by atoms with van der Waals surface area (Å²) in [5.41, 5.74) is 0. The average Bonchev–Trinajstić information content (AvgIpc) is 2.70. The lowest BCUT2D eigenvalue weighted by Crippen LogP contribution is -2.19. The van der Waals surface area contributed by atoms with E-state index in [0.29, 0.717) is 10.6 Å². The Hall–Kier alpha value is -0.390. The Morgan fingerprint density at radius 2 is 2.20 bits per heavy atom. The first-order chi connectivity index (χ1) is 7.17. The van der Waals surface area contributed by atoms with Gasteiger partial charge < -0.3 is 5.32 Å². The average molecular weight is 247 g/mol. The molecule has 0 saturated heterocycles. The fourth-order valence-electron chi connectivity index (χ4n) is 1.23. The molecule has 15 heavy (non-hydrogen) atoms. The van der Waals surface area contributed by atoms with Crippen molar-refractivity contribution in [2.45, 2.75) is 24.0 Å². The van der Waals surface area contributed by atoms with Crippen molar-refractivity contribution in [3.63, 3.8) is 0 Å². The fourth-order valence-corrected chi connectivity index (χ4v) is 3.69. The summed E-state index contributed by atoms with van der Waals surface area (Å²) in [4.78, 5) is 0. The second kappa shape index (κ2) is 6.25. The molecule has 0 aliphatic rings. The first-order valence-corrected chi connectivity index (χ1v) is 7.67. The van der Waals surface area contributed by atoms with Crippen molar-refractivity contribution in [3.8, 4) is 0 Å². The molecule has 1 aromatic heterocycles. The number of rotatable bonds is 7. The van der Waals surface area contributed by atoms with Crippen molar-refractivity contribution in [1.29, 1.82) is 0 Å². The third-order valence-electron chi connectivity index (χ3n) is 1.99. The molecular formula is C10H17NO2S2. The zero-order valence-corrected chi connectivity index (χ0v) is 10.5. The summed E-state index contributed by atoms with van der Waals surface area (Å²) >= 11 is 1.29. The number of hydrogen-bond acceptors (Lipinski definition) is 4. The lowest BCUT2D eigenvalue weighted by Gasteiger charge is -2.03. The number of hydrogen-bond donors (Lipinski definition) is 1. The van der Waals surface area contributed by atoms with E-state index in [0.717, 1.165) is 19.5 Å². The topological polar surface area (TPSA) is 46.2 Å². The number of sulfone groups is 1. The zero-order valence-electron chi connectivity index (χ0n) is 8.90. The van der Waals surface area contributed by atoms with Gasteiger partial charge in [0.25, 0.3) is 0 Å². The standard InChI is InChI=1S/C10H17NO2S2/c1-2-6-11-7-4-9-15(12,13)10-5-3-8-14-10/h3,5,8,11H,2,4,6-7,9H2,1H3. The molecule has 3 nitrogen and oxygen atoms in total. The SMILES string of the molecule is CCCNCCCS(=O)(=O)c1cccs1. The maximum absolute atomic E-state index is 11.7. The third-order valence-corrected chi connectivity index (χ3v) is 5.28. The zero-order chi connectivity index (χ0) is 11.1. The summed E-state index contributed by atoms with van der Waals surface area (Å²) in [5, 5.41) is 4.99. The molecule has 1 N–H and O–H groups in total. The van der Waals surface area contributed by atoms with Crippen LogP contribution in [-0.2, 0) is 9.84 Å². The summed E-state index contributed by atoms with van der Waals surface area (Å²) in [7, 11) is -3.03. The van der Waals surface area contributed by atoms with Crippen LogP contribution in [0.5, 0.6) is 0 Å². The summed E-state index contributed by atoms with van der Waals surface area (Å²) in [6.07, 6.45) is 1.76. The van der Waals surface area contributed by atoms with E-state index < -0.39 is 9.84 Å². The van der Waals surface area contributed by atoms with Crippen molar-refractivity contribution in [3.05, 3.63) is 17.5 Å². The van der Waals surface area contributed by atoms with E-state index in [4.69, 9.17) is 0 Å². The van der Waals surface area contributed by atoms with Gasteiger partial charge in [-0.1, -0.05) is 13.0 Å². The van der Waals surface area contributed by atoms with Crippen LogP contribution in [0.2, 0.25) is 0 Å². The first-order valence-electron chi connectivity index (χ1n) is 5.14. The molecular weight excluding hydrogens is 230 g/mol. The van der Waals surface area contributed by atoms with E-state index in [1.807, 2.05) is 0 Å². The Labute approximate surface area is 95.4 Å². The third kappa shape index (κ3) is 4.32. The molecule has 0 spiro atoms. The molecule has 86 valence electrons. The van der Waals surface area contributed by atoms with E-state index in [1.165, 1.54) is 11.3 Å². The monoisotopic (exact) mass is 247 g/mol. The molecule has 1 heterocycles. The molecule has 0 aromatic carbocycles. The van der Waals surface area contributed by atoms with Crippen molar-refractivity contribution in [1.82, 2.24) is 5.32 Å². The van der Waals surface area contributed by atoms with Crippen LogP contribution in [0, 0.1) is 0 Å². The minimum absolute atomic E-state index is 0.240. The van der Waals surface area contributed by atoms with Crippen molar-refractivity contribution >= 4 is 21.2 Å². The Bertz CT molecular complexity index is 357. The molecule has 0 saturated carbocycles. The number of nitrogens with one attached hydrogen (secondary N) is 1. The Kier molecular flexibility index (Phi) is 5.28. The largest absolute Gasteiger partial charge is 0.317 e. The number of thiophene rings is 1. The van der Waals surface area contributed by atoms with Crippen molar-refractivity contribution in [2.24, 2.45) is 0 Å². The Balaban J connectivity index is 2.32. The van der Waals surface area contributed by atoms with E-state index in [-0.39, 0.29) is 5.75 Å². The van der Waals surface area contributed by atoms with Crippen LogP contribution in [0.15, 0.2) is 21.7 Å². The summed E-state index contributed by atoms with van der Waals surface area (Å²) < 4.78 is 23.9. The predicted octanol–water partition coefficient (Wildman–Crippen LogP) is 1.91. The molecule has 1 aromatic rings. The fraction of sp³-hybridized carbons (Fsp3) is 0.600. The van der Waals surface area contributed by atoms with Gasteiger partial charge in [-0.2, -0.15) is 0 Å². The van der Waals surface area contributed by atoms with Crippen molar-refractivity contribution in [2.75, 3.05) is 18.8 Å². The molecule has 5 heteroatoms. The molecule has 0 radical (unpaired) electrons. The van der Waals surface area contributed by atoms with Crippen LogP contribution in [0.4, 0.5) is 0 Å². The highest BCUT2D eigenvalue weighted by Crippen LogP contribution is 2.17. The minimum atomic E-state index is -3.03.